The second-order valence-corrected chi connectivity index (χ2v) is 9.96. The zero-order valence-electron chi connectivity index (χ0n) is 19.8. The summed E-state index contributed by atoms with van der Waals surface area (Å²) in [6, 6.07) is 5.35. The molecule has 2 fully saturated rings. The number of anilines is 1. The number of amides is 1. The lowest BCUT2D eigenvalue weighted by Gasteiger charge is -2.38. The Morgan fingerprint density at radius 3 is 2.16 bits per heavy atom. The van der Waals surface area contributed by atoms with Gasteiger partial charge in [-0.1, -0.05) is 0 Å². The summed E-state index contributed by atoms with van der Waals surface area (Å²) in [6.45, 7) is 9.14. The molecule has 2 aliphatic heterocycles. The number of rotatable bonds is 5. The number of esters is 1. The van der Waals surface area contributed by atoms with Crippen molar-refractivity contribution in [1.82, 2.24) is 4.90 Å². The summed E-state index contributed by atoms with van der Waals surface area (Å²) < 4.78 is 10.2. The Bertz CT molecular complexity index is 816. The average molecular weight is 445 g/mol. The van der Waals surface area contributed by atoms with E-state index in [1.165, 1.54) is 13.5 Å². The fourth-order valence-corrected chi connectivity index (χ4v) is 4.72. The molecule has 1 aromatic carbocycles. The number of aldehydes is 1. The maximum absolute atomic E-state index is 12.3. The second kappa shape index (κ2) is 10.4. The molecule has 0 radical (unpaired) electrons. The van der Waals surface area contributed by atoms with Crippen molar-refractivity contribution in [3.8, 4) is 0 Å². The van der Waals surface area contributed by atoms with Crippen LogP contribution in [-0.2, 0) is 9.47 Å². The lowest BCUT2D eigenvalue weighted by Crippen LogP contribution is -2.42. The molecule has 0 spiro atoms. The molecule has 0 atom stereocenters. The van der Waals surface area contributed by atoms with Crippen molar-refractivity contribution >= 4 is 24.0 Å². The van der Waals surface area contributed by atoms with Gasteiger partial charge in [-0.3, -0.25) is 4.79 Å². The highest BCUT2D eigenvalue weighted by atomic mass is 16.6. The zero-order chi connectivity index (χ0) is 23.3. The smallest absolute Gasteiger partial charge is 0.410 e. The number of piperidine rings is 2. The molecule has 0 aromatic heterocycles. The minimum Gasteiger partial charge on any atom is -0.465 e. The molecule has 7 nitrogen and oxygen atoms in total. The first-order valence-electron chi connectivity index (χ1n) is 11.6. The number of hydrogen-bond acceptors (Lipinski definition) is 6. The largest absolute Gasteiger partial charge is 0.465 e. The SMILES string of the molecule is COC(=O)c1ccc(N2CCC(CC3CCN(C(=O)OC(C)(C)C)CC3)CC2)cc1C=O. The summed E-state index contributed by atoms with van der Waals surface area (Å²) in [7, 11) is 1.32. The van der Waals surface area contributed by atoms with E-state index in [4.69, 9.17) is 9.47 Å². The van der Waals surface area contributed by atoms with Gasteiger partial charge < -0.3 is 19.3 Å². The Labute approximate surface area is 191 Å². The van der Waals surface area contributed by atoms with E-state index in [-0.39, 0.29) is 6.09 Å². The summed E-state index contributed by atoms with van der Waals surface area (Å²) in [6.07, 6.45) is 6.03. The van der Waals surface area contributed by atoms with Crippen LogP contribution in [0.3, 0.4) is 0 Å². The normalized spacial score (nSPS) is 18.4. The van der Waals surface area contributed by atoms with E-state index in [2.05, 4.69) is 4.90 Å². The standard InChI is InChI=1S/C25H36N2O5/c1-25(2,3)32-24(30)27-13-9-19(10-14-27)15-18-7-11-26(12-8-18)21-5-6-22(23(29)31-4)20(16-21)17-28/h5-6,16-19H,7-15H2,1-4H3. The number of likely N-dealkylation sites (tertiary alicyclic amines) is 1. The third-order valence-corrected chi connectivity index (χ3v) is 6.48. The number of benzene rings is 1. The van der Waals surface area contributed by atoms with Crippen LogP contribution in [0, 0.1) is 11.8 Å². The van der Waals surface area contributed by atoms with Crippen LogP contribution in [-0.4, -0.2) is 62.1 Å². The molecule has 2 heterocycles. The maximum atomic E-state index is 12.3. The van der Waals surface area contributed by atoms with Crippen molar-refractivity contribution in [1.29, 1.82) is 0 Å². The highest BCUT2D eigenvalue weighted by Gasteiger charge is 2.29. The Morgan fingerprint density at radius 1 is 1.03 bits per heavy atom. The van der Waals surface area contributed by atoms with Gasteiger partial charge in [-0.15, -0.1) is 0 Å². The number of ether oxygens (including phenoxy) is 2. The van der Waals surface area contributed by atoms with E-state index >= 15 is 0 Å². The predicted octanol–water partition coefficient (Wildman–Crippen LogP) is 4.54. The molecular formula is C25H36N2O5. The van der Waals surface area contributed by atoms with Gasteiger partial charge in [0, 0.05) is 37.4 Å². The van der Waals surface area contributed by atoms with Crippen molar-refractivity contribution in [2.24, 2.45) is 11.8 Å². The summed E-state index contributed by atoms with van der Waals surface area (Å²) >= 11 is 0. The van der Waals surface area contributed by atoms with Crippen LogP contribution in [0.5, 0.6) is 0 Å². The quantitative estimate of drug-likeness (QED) is 0.490. The molecule has 0 N–H and O–H groups in total. The van der Waals surface area contributed by atoms with Crippen LogP contribution in [0.15, 0.2) is 18.2 Å². The highest BCUT2D eigenvalue weighted by molar-refractivity contribution is 5.99. The van der Waals surface area contributed by atoms with Gasteiger partial charge in [-0.2, -0.15) is 0 Å². The highest BCUT2D eigenvalue weighted by Crippen LogP contribution is 2.32. The van der Waals surface area contributed by atoms with E-state index in [9.17, 15) is 14.4 Å². The molecule has 7 heteroatoms. The summed E-state index contributed by atoms with van der Waals surface area (Å²) in [5.41, 5.74) is 1.20. The van der Waals surface area contributed by atoms with Crippen molar-refractivity contribution in [3.05, 3.63) is 29.3 Å². The second-order valence-electron chi connectivity index (χ2n) is 9.96. The minimum atomic E-state index is -0.491. The molecular weight excluding hydrogens is 408 g/mol. The van der Waals surface area contributed by atoms with Crippen LogP contribution >= 0.6 is 0 Å². The van der Waals surface area contributed by atoms with Gasteiger partial charge in [0.1, 0.15) is 5.60 Å². The van der Waals surface area contributed by atoms with Gasteiger partial charge in [-0.25, -0.2) is 9.59 Å². The van der Waals surface area contributed by atoms with E-state index in [1.807, 2.05) is 31.7 Å². The van der Waals surface area contributed by atoms with Crippen molar-refractivity contribution in [2.75, 3.05) is 38.2 Å². The summed E-state index contributed by atoms with van der Waals surface area (Å²) in [4.78, 5) is 39.6. The molecule has 176 valence electrons. The Kier molecular flexibility index (Phi) is 7.80. The number of carbonyl (C=O) groups is 3. The van der Waals surface area contributed by atoms with E-state index < -0.39 is 11.6 Å². The molecule has 32 heavy (non-hydrogen) atoms. The zero-order valence-corrected chi connectivity index (χ0v) is 19.8. The van der Waals surface area contributed by atoms with Gasteiger partial charge in [0.2, 0.25) is 0 Å². The number of methoxy groups -OCH3 is 1. The first-order chi connectivity index (χ1) is 15.2. The van der Waals surface area contributed by atoms with Crippen LogP contribution in [0.4, 0.5) is 10.5 Å². The van der Waals surface area contributed by atoms with Gasteiger partial charge in [0.05, 0.1) is 12.7 Å². The van der Waals surface area contributed by atoms with Crippen LogP contribution in [0.2, 0.25) is 0 Å². The van der Waals surface area contributed by atoms with E-state index in [1.54, 1.807) is 12.1 Å². The van der Waals surface area contributed by atoms with Gasteiger partial charge >= 0.3 is 12.1 Å². The Morgan fingerprint density at radius 2 is 1.62 bits per heavy atom. The molecule has 0 bridgehead atoms. The topological polar surface area (TPSA) is 76.2 Å². The third-order valence-electron chi connectivity index (χ3n) is 6.48. The molecule has 2 saturated heterocycles. The van der Waals surface area contributed by atoms with E-state index in [0.29, 0.717) is 29.2 Å². The lowest BCUT2D eigenvalue weighted by molar-refractivity contribution is 0.0174. The molecule has 0 unspecified atom stereocenters. The summed E-state index contributed by atoms with van der Waals surface area (Å²) in [5.74, 6) is 0.852. The monoisotopic (exact) mass is 444 g/mol. The van der Waals surface area contributed by atoms with Crippen molar-refractivity contribution in [3.63, 3.8) is 0 Å². The van der Waals surface area contributed by atoms with E-state index in [0.717, 1.165) is 57.5 Å². The third kappa shape index (κ3) is 6.24. The predicted molar refractivity (Wildman–Crippen MR) is 123 cm³/mol. The molecule has 1 aromatic rings. The van der Waals surface area contributed by atoms with Crippen LogP contribution in [0.25, 0.3) is 0 Å². The Balaban J connectivity index is 1.46. The van der Waals surface area contributed by atoms with Gasteiger partial charge in [0.25, 0.3) is 0 Å². The molecule has 1 amide bonds. The Hall–Kier alpha value is -2.57. The fraction of sp³-hybridized carbons (Fsp3) is 0.640. The van der Waals surface area contributed by atoms with Crippen molar-refractivity contribution < 1.29 is 23.9 Å². The molecule has 2 aliphatic rings. The van der Waals surface area contributed by atoms with Crippen LogP contribution < -0.4 is 4.90 Å². The first kappa shape index (κ1) is 24.1. The number of carbonyl (C=O) groups excluding carboxylic acids is 3. The maximum Gasteiger partial charge on any atom is 0.410 e. The lowest BCUT2D eigenvalue weighted by atomic mass is 9.82. The van der Waals surface area contributed by atoms with Crippen molar-refractivity contribution in [2.45, 2.75) is 58.5 Å². The van der Waals surface area contributed by atoms with Gasteiger partial charge in [0.15, 0.2) is 6.29 Å². The first-order valence-corrected chi connectivity index (χ1v) is 11.6. The average Bonchev–Trinajstić information content (AvgIpc) is 2.78. The minimum absolute atomic E-state index is 0.197. The van der Waals surface area contributed by atoms with Crippen LogP contribution in [0.1, 0.15) is 73.6 Å². The number of nitrogens with zero attached hydrogens (tertiary/aromatic N) is 2. The fourth-order valence-electron chi connectivity index (χ4n) is 4.72. The number of hydrogen-bond donors (Lipinski definition) is 0. The molecule has 3 rings (SSSR count). The summed E-state index contributed by atoms with van der Waals surface area (Å²) in [5, 5.41) is 0. The van der Waals surface area contributed by atoms with Gasteiger partial charge in [-0.05, 0) is 82.9 Å². The molecule has 0 aliphatic carbocycles. The molecule has 0 saturated carbocycles.